The normalized spacial score (nSPS) is 11.2. The molecular weight excluding hydrogens is 773 g/mol. The average molecular weight is 807 g/mol. The van der Waals surface area contributed by atoms with Gasteiger partial charge in [-0.1, -0.05) is 176 Å². The Hall–Kier alpha value is -8.93. The van der Waals surface area contributed by atoms with Gasteiger partial charge in [0.2, 0.25) is 0 Å². The fraction of sp³-hybridized carbons (Fsp3) is 0. The molecule has 0 aliphatic rings. The summed E-state index contributed by atoms with van der Waals surface area (Å²) in [5.74, 6) is 3.34. The second kappa shape index (κ2) is 15.9. The maximum atomic E-state index is 10.2. The van der Waals surface area contributed by atoms with Gasteiger partial charge in [-0.05, 0) is 41.5 Å². The van der Waals surface area contributed by atoms with E-state index in [-0.39, 0.29) is 0 Å². The summed E-state index contributed by atoms with van der Waals surface area (Å²) >= 11 is 0. The van der Waals surface area contributed by atoms with Gasteiger partial charge in [0.15, 0.2) is 34.9 Å². The summed E-state index contributed by atoms with van der Waals surface area (Å²) in [5.41, 5.74) is 10.2. The summed E-state index contributed by atoms with van der Waals surface area (Å²) in [7, 11) is 0. The molecule has 0 aliphatic carbocycles. The highest BCUT2D eigenvalue weighted by Crippen LogP contribution is 2.40. The third-order valence-corrected chi connectivity index (χ3v) is 11.2. The standard InChI is InChI=1S/C55H34N8/c56-35-42-25-13-14-26-43(42)40-30-32-48(46(33-40)55-61-52(38-21-9-3-10-22-38)58-53(62-55)39-23-11-4-12-24-39)63-47-28-16-15-27-44(47)45-31-29-41(34-49(45)63)54-59-50(36-17-5-1-6-18-36)57-51(60-54)37-19-7-2-8-20-37/h1-34H. The second-order valence-corrected chi connectivity index (χ2v) is 15.1. The number of aromatic nitrogens is 7. The van der Waals surface area contributed by atoms with E-state index in [1.54, 1.807) is 0 Å². The molecule has 0 radical (unpaired) electrons. The Morgan fingerprint density at radius 3 is 1.29 bits per heavy atom. The van der Waals surface area contributed by atoms with E-state index in [1.807, 2.05) is 146 Å². The van der Waals surface area contributed by atoms with Crippen LogP contribution >= 0.6 is 0 Å². The third kappa shape index (κ3) is 6.96. The number of rotatable bonds is 8. The molecule has 0 aliphatic heterocycles. The van der Waals surface area contributed by atoms with Crippen LogP contribution in [-0.4, -0.2) is 34.5 Å². The van der Waals surface area contributed by atoms with Crippen LogP contribution in [-0.2, 0) is 0 Å². The zero-order valence-corrected chi connectivity index (χ0v) is 33.7. The summed E-state index contributed by atoms with van der Waals surface area (Å²) < 4.78 is 2.27. The van der Waals surface area contributed by atoms with Crippen molar-refractivity contribution in [1.29, 1.82) is 5.26 Å². The summed E-state index contributed by atoms with van der Waals surface area (Å²) in [6, 6.07) is 71.1. The summed E-state index contributed by atoms with van der Waals surface area (Å²) in [5, 5.41) is 12.4. The van der Waals surface area contributed by atoms with Gasteiger partial charge in [-0.15, -0.1) is 0 Å². The van der Waals surface area contributed by atoms with Crippen LogP contribution in [0.15, 0.2) is 206 Å². The first-order valence-corrected chi connectivity index (χ1v) is 20.6. The predicted molar refractivity (Wildman–Crippen MR) is 250 cm³/mol. The molecule has 294 valence electrons. The molecule has 0 N–H and O–H groups in total. The van der Waals surface area contributed by atoms with E-state index in [0.29, 0.717) is 40.5 Å². The number of para-hydroxylation sites is 1. The molecule has 0 atom stereocenters. The van der Waals surface area contributed by atoms with Crippen molar-refractivity contribution in [2.45, 2.75) is 0 Å². The van der Waals surface area contributed by atoms with E-state index < -0.39 is 0 Å². The van der Waals surface area contributed by atoms with Gasteiger partial charge >= 0.3 is 0 Å². The monoisotopic (exact) mass is 806 g/mol. The number of nitrogens with zero attached hydrogens (tertiary/aromatic N) is 8. The van der Waals surface area contributed by atoms with Crippen LogP contribution < -0.4 is 0 Å². The van der Waals surface area contributed by atoms with Crippen LogP contribution in [0.3, 0.4) is 0 Å². The van der Waals surface area contributed by atoms with Gasteiger partial charge in [-0.3, -0.25) is 0 Å². The minimum Gasteiger partial charge on any atom is -0.308 e. The lowest BCUT2D eigenvalue weighted by Gasteiger charge is -2.17. The van der Waals surface area contributed by atoms with Crippen molar-refractivity contribution in [3.8, 4) is 91.2 Å². The van der Waals surface area contributed by atoms with Crippen LogP contribution in [0.2, 0.25) is 0 Å². The van der Waals surface area contributed by atoms with Crippen LogP contribution in [0.4, 0.5) is 0 Å². The topological polar surface area (TPSA) is 106 Å². The Balaban J connectivity index is 1.19. The Kier molecular flexibility index (Phi) is 9.37. The predicted octanol–water partition coefficient (Wildman–Crippen LogP) is 12.7. The lowest BCUT2D eigenvalue weighted by molar-refractivity contribution is 1.06. The van der Waals surface area contributed by atoms with E-state index in [2.05, 4.69) is 71.3 Å². The molecule has 0 amide bonds. The molecule has 11 aromatic rings. The number of hydrogen-bond acceptors (Lipinski definition) is 7. The quantitative estimate of drug-likeness (QED) is 0.150. The zero-order chi connectivity index (χ0) is 42.1. The molecule has 0 saturated carbocycles. The van der Waals surface area contributed by atoms with Crippen molar-refractivity contribution < 1.29 is 0 Å². The van der Waals surface area contributed by atoms with Crippen molar-refractivity contribution in [1.82, 2.24) is 34.5 Å². The lowest BCUT2D eigenvalue weighted by atomic mass is 9.97. The maximum Gasteiger partial charge on any atom is 0.166 e. The van der Waals surface area contributed by atoms with Crippen LogP contribution in [0, 0.1) is 11.3 Å². The number of fused-ring (bicyclic) bond motifs is 3. The highest BCUT2D eigenvalue weighted by Gasteiger charge is 2.22. The number of hydrogen-bond donors (Lipinski definition) is 0. The van der Waals surface area contributed by atoms with Gasteiger partial charge < -0.3 is 4.57 Å². The first-order chi connectivity index (χ1) is 31.2. The minimum absolute atomic E-state index is 0.494. The zero-order valence-electron chi connectivity index (χ0n) is 33.7. The molecule has 0 bridgehead atoms. The average Bonchev–Trinajstić information content (AvgIpc) is 3.70. The SMILES string of the molecule is N#Cc1ccccc1-c1ccc(-n2c3ccccc3c3ccc(-c4nc(-c5ccccc5)nc(-c5ccccc5)n4)cc32)c(-c2nc(-c3ccccc3)nc(-c3ccccc3)n2)c1. The van der Waals surface area contributed by atoms with E-state index in [0.717, 1.165) is 72.0 Å². The Bertz CT molecular complexity index is 3390. The van der Waals surface area contributed by atoms with Gasteiger partial charge in [-0.2, -0.15) is 5.26 Å². The second-order valence-electron chi connectivity index (χ2n) is 15.1. The fourth-order valence-electron chi connectivity index (χ4n) is 8.15. The molecule has 8 nitrogen and oxygen atoms in total. The van der Waals surface area contributed by atoms with Crippen LogP contribution in [0.5, 0.6) is 0 Å². The van der Waals surface area contributed by atoms with Crippen molar-refractivity contribution in [3.05, 3.63) is 212 Å². The Morgan fingerprint density at radius 2 is 0.746 bits per heavy atom. The minimum atomic E-state index is 0.494. The van der Waals surface area contributed by atoms with E-state index in [1.165, 1.54) is 0 Å². The molecule has 0 fully saturated rings. The van der Waals surface area contributed by atoms with Crippen molar-refractivity contribution >= 4 is 21.8 Å². The van der Waals surface area contributed by atoms with Crippen LogP contribution in [0.1, 0.15) is 5.56 Å². The highest BCUT2D eigenvalue weighted by atomic mass is 15.1. The Labute approximate surface area is 363 Å². The molecule has 0 saturated heterocycles. The largest absolute Gasteiger partial charge is 0.308 e. The molecule has 8 heteroatoms. The van der Waals surface area contributed by atoms with E-state index in [4.69, 9.17) is 29.9 Å². The highest BCUT2D eigenvalue weighted by molar-refractivity contribution is 6.10. The first-order valence-electron chi connectivity index (χ1n) is 20.6. The van der Waals surface area contributed by atoms with Gasteiger partial charge in [0.1, 0.15) is 0 Å². The summed E-state index contributed by atoms with van der Waals surface area (Å²) in [6.45, 7) is 0. The van der Waals surface area contributed by atoms with Crippen molar-refractivity contribution in [2.75, 3.05) is 0 Å². The van der Waals surface area contributed by atoms with Gasteiger partial charge in [0.25, 0.3) is 0 Å². The van der Waals surface area contributed by atoms with Gasteiger partial charge in [0.05, 0.1) is 28.4 Å². The molecule has 3 aromatic heterocycles. The van der Waals surface area contributed by atoms with Crippen LogP contribution in [0.25, 0.3) is 107 Å². The molecule has 3 heterocycles. The molecule has 0 unspecified atom stereocenters. The van der Waals surface area contributed by atoms with E-state index >= 15 is 0 Å². The van der Waals surface area contributed by atoms with Gasteiger partial charge in [0, 0.05) is 44.2 Å². The Morgan fingerprint density at radius 1 is 0.317 bits per heavy atom. The van der Waals surface area contributed by atoms with Crippen molar-refractivity contribution in [3.63, 3.8) is 0 Å². The van der Waals surface area contributed by atoms with Crippen molar-refractivity contribution in [2.24, 2.45) is 0 Å². The van der Waals surface area contributed by atoms with E-state index in [9.17, 15) is 5.26 Å². The number of nitriles is 1. The molecule has 0 spiro atoms. The molecule has 11 rings (SSSR count). The van der Waals surface area contributed by atoms with Gasteiger partial charge in [-0.25, -0.2) is 29.9 Å². The summed E-state index contributed by atoms with van der Waals surface area (Å²) in [4.78, 5) is 30.6. The first kappa shape index (κ1) is 37.1. The lowest BCUT2D eigenvalue weighted by Crippen LogP contribution is -2.04. The molecule has 8 aromatic carbocycles. The maximum absolute atomic E-state index is 10.2. The summed E-state index contributed by atoms with van der Waals surface area (Å²) in [6.07, 6.45) is 0. The number of benzene rings is 8. The fourth-order valence-corrected chi connectivity index (χ4v) is 8.15. The molecular formula is C55H34N8. The third-order valence-electron chi connectivity index (χ3n) is 11.2. The molecule has 63 heavy (non-hydrogen) atoms. The smallest absolute Gasteiger partial charge is 0.166 e.